The maximum atomic E-state index is 6.37. The van der Waals surface area contributed by atoms with Crippen LogP contribution < -0.4 is 16.4 Å². The molecule has 0 amide bonds. The Morgan fingerprint density at radius 1 is 1.29 bits per heavy atom. The first-order chi connectivity index (χ1) is 13.5. The van der Waals surface area contributed by atoms with Gasteiger partial charge in [0.25, 0.3) is 0 Å². The Hall–Kier alpha value is -2.06. The minimum atomic E-state index is 0.485. The van der Waals surface area contributed by atoms with E-state index >= 15 is 0 Å². The summed E-state index contributed by atoms with van der Waals surface area (Å²) in [5.41, 5.74) is 9.83. The Kier molecular flexibility index (Phi) is 7.33. The number of thiazole rings is 1. The molecule has 0 aliphatic rings. The Bertz CT molecular complexity index is 940. The second-order valence-electron chi connectivity index (χ2n) is 6.37. The molecule has 4 N–H and O–H groups in total. The monoisotopic (exact) mass is 431 g/mol. The van der Waals surface area contributed by atoms with E-state index in [-0.39, 0.29) is 0 Å². The van der Waals surface area contributed by atoms with E-state index in [4.69, 9.17) is 34.5 Å². The van der Waals surface area contributed by atoms with Crippen molar-refractivity contribution in [2.24, 2.45) is 5.73 Å². The molecule has 0 fully saturated rings. The number of benzene rings is 1. The van der Waals surface area contributed by atoms with Crippen LogP contribution in [0.2, 0.25) is 5.02 Å². The second kappa shape index (κ2) is 9.93. The number of thiocarbonyl (C=S) groups is 1. The van der Waals surface area contributed by atoms with Gasteiger partial charge in [-0.3, -0.25) is 0 Å². The molecule has 146 valence electrons. The largest absolute Gasteiger partial charge is 0.362 e. The quantitative estimate of drug-likeness (QED) is 0.380. The lowest BCUT2D eigenvalue weighted by molar-refractivity contribution is 0.788. The molecule has 0 saturated heterocycles. The molecule has 3 rings (SSSR count). The van der Waals surface area contributed by atoms with Crippen LogP contribution in [0.1, 0.15) is 22.6 Å². The van der Waals surface area contributed by atoms with E-state index < -0.39 is 0 Å². The molecule has 2 heterocycles. The lowest BCUT2D eigenvalue weighted by Gasteiger charge is -2.11. The maximum Gasteiger partial charge on any atom is 0.171 e. The predicted octanol–water partition coefficient (Wildman–Crippen LogP) is 4.39. The molecule has 0 saturated carbocycles. The average Bonchev–Trinajstić information content (AvgIpc) is 3.13. The van der Waals surface area contributed by atoms with Crippen molar-refractivity contribution in [1.29, 1.82) is 0 Å². The smallest absolute Gasteiger partial charge is 0.171 e. The van der Waals surface area contributed by atoms with Gasteiger partial charge in [0.15, 0.2) is 10.9 Å². The third kappa shape index (κ3) is 5.72. The van der Waals surface area contributed by atoms with Gasteiger partial charge in [-0.25, -0.2) is 9.97 Å². The van der Waals surface area contributed by atoms with E-state index in [0.717, 1.165) is 28.2 Å². The summed E-state index contributed by atoms with van der Waals surface area (Å²) in [7, 11) is 0. The van der Waals surface area contributed by atoms with Gasteiger partial charge in [-0.05, 0) is 43.7 Å². The first-order valence-electron chi connectivity index (χ1n) is 8.96. The van der Waals surface area contributed by atoms with Crippen molar-refractivity contribution in [3.8, 4) is 11.3 Å². The predicted molar refractivity (Wildman–Crippen MR) is 122 cm³/mol. The molecular formula is C20H22ClN5S2. The van der Waals surface area contributed by atoms with Crippen LogP contribution in [0.4, 0.5) is 5.82 Å². The first-order valence-corrected chi connectivity index (χ1v) is 10.6. The lowest BCUT2D eigenvalue weighted by atomic mass is 10.1. The van der Waals surface area contributed by atoms with E-state index in [9.17, 15) is 0 Å². The van der Waals surface area contributed by atoms with Gasteiger partial charge in [0, 0.05) is 30.1 Å². The van der Waals surface area contributed by atoms with E-state index in [0.29, 0.717) is 35.5 Å². The highest BCUT2D eigenvalue weighted by molar-refractivity contribution is 7.80. The third-order valence-electron chi connectivity index (χ3n) is 4.05. The fourth-order valence-electron chi connectivity index (χ4n) is 2.55. The van der Waals surface area contributed by atoms with Crippen LogP contribution in [0, 0.1) is 6.92 Å². The van der Waals surface area contributed by atoms with Crippen LogP contribution >= 0.6 is 35.2 Å². The fraction of sp³-hybridized carbons (Fsp3) is 0.250. The Morgan fingerprint density at radius 2 is 2.07 bits per heavy atom. The van der Waals surface area contributed by atoms with Gasteiger partial charge in [0.1, 0.15) is 0 Å². The van der Waals surface area contributed by atoms with Crippen molar-refractivity contribution in [2.45, 2.75) is 19.8 Å². The molecule has 0 unspecified atom stereocenters. The van der Waals surface area contributed by atoms with Crippen LogP contribution in [0.3, 0.4) is 0 Å². The van der Waals surface area contributed by atoms with E-state index in [1.807, 2.05) is 6.07 Å². The van der Waals surface area contributed by atoms with E-state index in [2.05, 4.69) is 52.2 Å². The van der Waals surface area contributed by atoms with Crippen LogP contribution in [0.15, 0.2) is 41.9 Å². The average molecular weight is 432 g/mol. The van der Waals surface area contributed by atoms with Gasteiger partial charge in [0.05, 0.1) is 15.7 Å². The molecular weight excluding hydrogens is 410 g/mol. The van der Waals surface area contributed by atoms with Crippen molar-refractivity contribution in [2.75, 3.05) is 18.4 Å². The zero-order valence-electron chi connectivity index (χ0n) is 15.5. The Balaban J connectivity index is 1.63. The number of aromatic nitrogens is 2. The highest BCUT2D eigenvalue weighted by Crippen LogP contribution is 2.26. The third-order valence-corrected chi connectivity index (χ3v) is 5.43. The number of hydrogen-bond acceptors (Lipinski definition) is 5. The summed E-state index contributed by atoms with van der Waals surface area (Å²) in [5.74, 6) is 0.537. The van der Waals surface area contributed by atoms with Gasteiger partial charge in [-0.1, -0.05) is 41.4 Å². The number of nitrogens with one attached hydrogen (secondary N) is 2. The van der Waals surface area contributed by atoms with Crippen LogP contribution in [0.25, 0.3) is 11.3 Å². The summed E-state index contributed by atoms with van der Waals surface area (Å²) in [6.07, 6.45) is 3.33. The molecule has 5 nitrogen and oxygen atoms in total. The number of aryl methyl sites for hydroxylation is 1. The number of pyridine rings is 1. The summed E-state index contributed by atoms with van der Waals surface area (Å²) in [4.78, 5) is 9.14. The highest BCUT2D eigenvalue weighted by Gasteiger charge is 2.09. The minimum absolute atomic E-state index is 0.485. The maximum absolute atomic E-state index is 6.37. The summed E-state index contributed by atoms with van der Waals surface area (Å²) >= 11 is 13.2. The molecule has 28 heavy (non-hydrogen) atoms. The zero-order chi connectivity index (χ0) is 19.9. The summed E-state index contributed by atoms with van der Waals surface area (Å²) in [6.45, 7) is 3.41. The van der Waals surface area contributed by atoms with Crippen LogP contribution in [-0.2, 0) is 6.42 Å². The zero-order valence-corrected chi connectivity index (χ0v) is 17.9. The number of halogens is 1. The standard InChI is InChI=1S/C20H22ClN5S2/c1-13-3-5-15(6-4-13)17-12-28-18(25-17)10-14-9-16(21)19(24-11-14)26-20(27)23-8-2-7-22/h3-6,9,11-12H,2,7-8,10,22H2,1H3,(H2,23,24,26,27). The Morgan fingerprint density at radius 3 is 2.79 bits per heavy atom. The molecule has 1 aromatic carbocycles. The number of nitrogens with two attached hydrogens (primary N) is 1. The molecule has 0 aliphatic carbocycles. The van der Waals surface area contributed by atoms with Crippen LogP contribution in [0.5, 0.6) is 0 Å². The summed E-state index contributed by atoms with van der Waals surface area (Å²) in [5, 5.41) is 10.2. The highest BCUT2D eigenvalue weighted by atomic mass is 35.5. The van der Waals surface area contributed by atoms with Gasteiger partial charge >= 0.3 is 0 Å². The van der Waals surface area contributed by atoms with Crippen molar-refractivity contribution in [3.05, 3.63) is 63.1 Å². The van der Waals surface area contributed by atoms with Gasteiger partial charge in [0.2, 0.25) is 0 Å². The van der Waals surface area contributed by atoms with Crippen molar-refractivity contribution < 1.29 is 0 Å². The molecule has 0 spiro atoms. The van der Waals surface area contributed by atoms with Gasteiger partial charge < -0.3 is 16.4 Å². The van der Waals surface area contributed by atoms with Crippen molar-refractivity contribution in [1.82, 2.24) is 15.3 Å². The Labute approximate surface area is 179 Å². The SMILES string of the molecule is Cc1ccc(-c2csc(Cc3cnc(NC(=S)NCCCN)c(Cl)c3)n2)cc1. The molecule has 3 aromatic rings. The molecule has 2 aromatic heterocycles. The normalized spacial score (nSPS) is 10.7. The number of nitrogens with zero attached hydrogens (tertiary/aromatic N) is 2. The van der Waals surface area contributed by atoms with E-state index in [1.54, 1.807) is 17.5 Å². The molecule has 8 heteroatoms. The van der Waals surface area contributed by atoms with Gasteiger partial charge in [-0.2, -0.15) is 0 Å². The number of rotatable bonds is 7. The van der Waals surface area contributed by atoms with Crippen molar-refractivity contribution in [3.63, 3.8) is 0 Å². The van der Waals surface area contributed by atoms with Crippen molar-refractivity contribution >= 4 is 46.1 Å². The number of hydrogen-bond donors (Lipinski definition) is 3. The van der Waals surface area contributed by atoms with Gasteiger partial charge in [-0.15, -0.1) is 11.3 Å². The molecule has 0 bridgehead atoms. The summed E-state index contributed by atoms with van der Waals surface area (Å²) in [6, 6.07) is 10.3. The second-order valence-corrected chi connectivity index (χ2v) is 8.12. The molecule has 0 atom stereocenters. The fourth-order valence-corrected chi connectivity index (χ4v) is 3.82. The van der Waals surface area contributed by atoms with Crippen LogP contribution in [-0.4, -0.2) is 28.2 Å². The molecule has 0 aliphatic heterocycles. The first kappa shape index (κ1) is 20.7. The minimum Gasteiger partial charge on any atom is -0.362 e. The topological polar surface area (TPSA) is 75.9 Å². The van der Waals surface area contributed by atoms with E-state index in [1.165, 1.54) is 5.56 Å². The lowest BCUT2D eigenvalue weighted by Crippen LogP contribution is -2.30. The number of anilines is 1. The summed E-state index contributed by atoms with van der Waals surface area (Å²) < 4.78 is 0. The molecule has 0 radical (unpaired) electrons.